The lowest BCUT2D eigenvalue weighted by Crippen LogP contribution is -2.87. The zero-order valence-electron chi connectivity index (χ0n) is 21.7. The lowest BCUT2D eigenvalue weighted by atomic mass is 9.79. The first-order valence-corrected chi connectivity index (χ1v) is 11.8. The number of hydrogen-bond acceptors (Lipinski definition) is 2. The van der Waals surface area contributed by atoms with Gasteiger partial charge in [-0.3, -0.25) is 0 Å². The third-order valence-electron chi connectivity index (χ3n) is 6.40. The third kappa shape index (κ3) is 5.49. The molecule has 0 aliphatic heterocycles. The van der Waals surface area contributed by atoms with Gasteiger partial charge in [-0.1, -0.05) is 23.2 Å². The first kappa shape index (κ1) is 46.6. The van der Waals surface area contributed by atoms with Gasteiger partial charge in [-0.25, -0.2) is 17.6 Å². The van der Waals surface area contributed by atoms with E-state index < -0.39 is 107 Å². The van der Waals surface area contributed by atoms with Crippen LogP contribution in [0.3, 0.4) is 0 Å². The van der Waals surface area contributed by atoms with Crippen LogP contribution in [0.25, 0.3) is 0 Å². The fourth-order valence-corrected chi connectivity index (χ4v) is 3.91. The van der Waals surface area contributed by atoms with Crippen molar-refractivity contribution in [3.63, 3.8) is 0 Å². The van der Waals surface area contributed by atoms with E-state index in [1.807, 2.05) is 0 Å². The zero-order chi connectivity index (χ0) is 41.0. The Morgan fingerprint density at radius 1 is 0.380 bits per heavy atom. The van der Waals surface area contributed by atoms with E-state index in [2.05, 4.69) is 32.7 Å². The van der Waals surface area contributed by atoms with Gasteiger partial charge in [-0.15, -0.1) is 0 Å². The maximum atomic E-state index is 14.0. The van der Waals surface area contributed by atoms with Gasteiger partial charge >= 0.3 is 83.9 Å². The van der Waals surface area contributed by atoms with Crippen molar-refractivity contribution in [2.75, 3.05) is 13.2 Å². The van der Waals surface area contributed by atoms with Gasteiger partial charge in [0.2, 0.25) is 0 Å². The Balaban J connectivity index is 3.61. The van der Waals surface area contributed by atoms with Gasteiger partial charge in [0.1, 0.15) is 13.2 Å². The minimum Gasteiger partial charge on any atom is -0.344 e. The van der Waals surface area contributed by atoms with Crippen LogP contribution >= 0.6 is 23.2 Å². The molecule has 0 aromatic carbocycles. The molecule has 1 aliphatic carbocycles. The SMILES string of the molecule is FC(F)C(F)(F)C(F)(F)C(F)(F)C(F)(F)C(F)(F)COC1(Cl)C(F)(F)C(F)(F)C1(Cl)OCC(F)(F)C(F)(F)C(F)(F)C(F)(F)C(F)(F)C(F)F. The Labute approximate surface area is 263 Å². The van der Waals surface area contributed by atoms with Crippen molar-refractivity contribution in [1.29, 1.82) is 0 Å². The van der Waals surface area contributed by atoms with E-state index in [-0.39, 0.29) is 0 Å². The van der Waals surface area contributed by atoms with Crippen molar-refractivity contribution >= 4 is 23.2 Å². The molecule has 0 N–H and O–H groups in total. The summed E-state index contributed by atoms with van der Waals surface area (Å²) in [6.45, 7) is -8.78. The maximum absolute atomic E-state index is 14.0. The predicted molar refractivity (Wildman–Crippen MR) is 100 cm³/mol. The van der Waals surface area contributed by atoms with E-state index in [0.717, 1.165) is 0 Å². The molecule has 0 aromatic rings. The van der Waals surface area contributed by atoms with Crippen LogP contribution in [0.1, 0.15) is 0 Å². The normalized spacial score (nSPS) is 25.0. The Hall–Kier alpha value is -1.46. The second-order valence-electron chi connectivity index (χ2n) is 9.62. The molecule has 0 bridgehead atoms. The summed E-state index contributed by atoms with van der Waals surface area (Å²) in [4.78, 5) is 0. The molecule has 0 heterocycles. The van der Waals surface area contributed by atoms with Crippen LogP contribution in [0.5, 0.6) is 0 Å². The number of ether oxygens (including phenoxy) is 2. The van der Waals surface area contributed by atoms with Crippen molar-refractivity contribution in [2.24, 2.45) is 0 Å². The fourth-order valence-electron chi connectivity index (χ4n) is 3.22. The molecule has 1 rings (SSSR count). The highest BCUT2D eigenvalue weighted by atomic mass is 35.5. The van der Waals surface area contributed by atoms with E-state index in [9.17, 15) is 123 Å². The molecule has 50 heavy (non-hydrogen) atoms. The Bertz CT molecular complexity index is 1150. The van der Waals surface area contributed by atoms with E-state index in [1.54, 1.807) is 0 Å². The van der Waals surface area contributed by atoms with Crippen molar-refractivity contribution in [3.8, 4) is 0 Å². The molecular formula is C18H6Cl2F28O2. The highest BCUT2D eigenvalue weighted by Gasteiger charge is 2.99. The molecule has 300 valence electrons. The summed E-state index contributed by atoms with van der Waals surface area (Å²) < 4.78 is 380. The second-order valence-corrected chi connectivity index (χ2v) is 10.7. The number of rotatable bonds is 16. The van der Waals surface area contributed by atoms with Crippen molar-refractivity contribution < 1.29 is 132 Å². The minimum atomic E-state index is -8.45. The Morgan fingerprint density at radius 2 is 0.580 bits per heavy atom. The van der Waals surface area contributed by atoms with Crippen molar-refractivity contribution in [1.82, 2.24) is 0 Å². The lowest BCUT2D eigenvalue weighted by molar-refractivity contribution is -0.457. The monoisotopic (exact) mass is 856 g/mol. The van der Waals surface area contributed by atoms with Gasteiger partial charge in [0, 0.05) is 0 Å². The van der Waals surface area contributed by atoms with E-state index in [0.29, 0.717) is 0 Å². The van der Waals surface area contributed by atoms with Crippen LogP contribution in [0.4, 0.5) is 123 Å². The maximum Gasteiger partial charge on any atom is 0.384 e. The molecule has 1 fully saturated rings. The van der Waals surface area contributed by atoms with Crippen LogP contribution in [-0.4, -0.2) is 107 Å². The second kappa shape index (κ2) is 12.0. The minimum absolute atomic E-state index is 2.82. The summed E-state index contributed by atoms with van der Waals surface area (Å²) in [6.07, 6.45) is -12.1. The lowest BCUT2D eigenvalue weighted by Gasteiger charge is -2.59. The van der Waals surface area contributed by atoms with E-state index in [1.165, 1.54) is 0 Å². The molecule has 2 unspecified atom stereocenters. The molecular weight excluding hydrogens is 851 g/mol. The Kier molecular flexibility index (Phi) is 11.2. The van der Waals surface area contributed by atoms with Crippen LogP contribution in [0.15, 0.2) is 0 Å². The van der Waals surface area contributed by atoms with Crippen LogP contribution in [0.2, 0.25) is 0 Å². The first-order chi connectivity index (χ1) is 21.3. The first-order valence-electron chi connectivity index (χ1n) is 11.1. The topological polar surface area (TPSA) is 18.5 Å². The number of hydrogen-bond donors (Lipinski definition) is 0. The molecule has 0 saturated heterocycles. The molecule has 2 nitrogen and oxygen atoms in total. The van der Waals surface area contributed by atoms with Crippen LogP contribution in [0, 0.1) is 0 Å². The summed E-state index contributed by atoms with van der Waals surface area (Å²) in [6, 6.07) is 0. The van der Waals surface area contributed by atoms with Crippen LogP contribution < -0.4 is 0 Å². The quantitative estimate of drug-likeness (QED) is 0.114. The molecule has 0 amide bonds. The fraction of sp³-hybridized carbons (Fsp3) is 1.00. The summed E-state index contributed by atoms with van der Waals surface area (Å²) in [5.41, 5.74) is 0. The van der Waals surface area contributed by atoms with Gasteiger partial charge in [0.15, 0.2) is 0 Å². The predicted octanol–water partition coefficient (Wildman–Crippen LogP) is 10.1. The highest BCUT2D eigenvalue weighted by Crippen LogP contribution is 2.72. The van der Waals surface area contributed by atoms with Gasteiger partial charge in [-0.2, -0.15) is 105 Å². The van der Waals surface area contributed by atoms with Gasteiger partial charge in [0.05, 0.1) is 0 Å². The molecule has 0 radical (unpaired) electrons. The summed E-state index contributed by atoms with van der Waals surface area (Å²) >= 11 is 9.08. The van der Waals surface area contributed by atoms with E-state index in [4.69, 9.17) is 0 Å². The van der Waals surface area contributed by atoms with Gasteiger partial charge in [0.25, 0.3) is 10.1 Å². The van der Waals surface area contributed by atoms with Gasteiger partial charge in [-0.05, 0) is 0 Å². The molecule has 0 spiro atoms. The molecule has 0 aromatic heterocycles. The number of alkyl halides is 30. The molecule has 2 atom stereocenters. The van der Waals surface area contributed by atoms with E-state index >= 15 is 0 Å². The summed E-state index contributed by atoms with van der Waals surface area (Å²) in [5.74, 6) is -93.9. The van der Waals surface area contributed by atoms with Gasteiger partial charge < -0.3 is 9.47 Å². The zero-order valence-corrected chi connectivity index (χ0v) is 23.2. The average Bonchev–Trinajstić information content (AvgIpc) is 2.92. The molecule has 1 saturated carbocycles. The number of halogens is 30. The average molecular weight is 857 g/mol. The molecule has 1 aliphatic rings. The van der Waals surface area contributed by atoms with Crippen molar-refractivity contribution in [3.05, 3.63) is 0 Å². The van der Waals surface area contributed by atoms with Crippen LogP contribution in [-0.2, 0) is 9.47 Å². The van der Waals surface area contributed by atoms with Crippen molar-refractivity contribution in [2.45, 2.75) is 94.0 Å². The smallest absolute Gasteiger partial charge is 0.344 e. The summed E-state index contributed by atoms with van der Waals surface area (Å²) in [5, 5.41) is -11.9. The third-order valence-corrected chi connectivity index (χ3v) is 7.72. The largest absolute Gasteiger partial charge is 0.384 e. The highest BCUT2D eigenvalue weighted by molar-refractivity contribution is 6.36. The summed E-state index contributed by atoms with van der Waals surface area (Å²) in [7, 11) is 0. The standard InChI is InChI=1S/C18H6Cl2F28O2/c19-9(49-1-5(25,26)11(33,34)17(45,46)13(37,38)7(29,30)3(21)22)10(20,16(43,44)15(9,41)42)50-2-6(27,28)12(35,36)18(47,48)14(39,40)8(31,32)4(23)24/h3-4H,1-2H2. The molecule has 32 heteroatoms. The Morgan fingerprint density at radius 3 is 0.760 bits per heavy atom.